The predicted octanol–water partition coefficient (Wildman–Crippen LogP) is 4.23. The monoisotopic (exact) mass is 513 g/mol. The smallest absolute Gasteiger partial charge is 0.294 e. The van der Waals surface area contributed by atoms with Crippen molar-refractivity contribution in [2.45, 2.75) is 38.5 Å². The summed E-state index contributed by atoms with van der Waals surface area (Å²) in [5.74, 6) is 0.660. The molecule has 182 valence electrons. The lowest BCUT2D eigenvalue weighted by Crippen LogP contribution is -2.33. The molecule has 4 aromatic rings. The summed E-state index contributed by atoms with van der Waals surface area (Å²) in [5, 5.41) is 9.32. The molecule has 1 saturated heterocycles. The zero-order valence-corrected chi connectivity index (χ0v) is 21.0. The number of H-pyrrole nitrogens is 1. The second-order valence-electron chi connectivity index (χ2n) is 9.47. The van der Waals surface area contributed by atoms with E-state index in [-0.39, 0.29) is 34.9 Å². The summed E-state index contributed by atoms with van der Waals surface area (Å²) in [4.78, 5) is 31.2. The molecule has 2 aromatic heterocycles. The molecule has 0 aliphatic carbocycles. The number of benzene rings is 2. The Balaban J connectivity index is 0.00000253. The van der Waals surface area contributed by atoms with E-state index in [1.54, 1.807) is 17.0 Å². The molecule has 0 radical (unpaired) electrons. The minimum Gasteiger partial charge on any atom is -0.381 e. The fourth-order valence-corrected chi connectivity index (χ4v) is 5.40. The average molecular weight is 514 g/mol. The number of anilines is 1. The number of halogens is 2. The van der Waals surface area contributed by atoms with Crippen molar-refractivity contribution in [1.82, 2.24) is 19.6 Å². The van der Waals surface area contributed by atoms with Crippen LogP contribution in [0.15, 0.2) is 35.1 Å². The molecular weight excluding hydrogens is 489 g/mol. The number of rotatable bonds is 2. The highest BCUT2D eigenvalue weighted by Crippen LogP contribution is 2.35. The number of ether oxygens (including phenoxy) is 1. The molecule has 4 heterocycles. The lowest BCUT2D eigenvalue weighted by atomic mass is 9.81. The van der Waals surface area contributed by atoms with E-state index >= 15 is 0 Å². The number of aromatic amines is 1. The predicted molar refractivity (Wildman–Crippen MR) is 137 cm³/mol. The molecular formula is C25H25Cl2N5O3. The summed E-state index contributed by atoms with van der Waals surface area (Å²) in [6.07, 6.45) is 2.37. The topological polar surface area (TPSA) is 92.6 Å². The molecule has 35 heavy (non-hydrogen) atoms. The van der Waals surface area contributed by atoms with Crippen LogP contribution in [0, 0.1) is 6.92 Å². The van der Waals surface area contributed by atoms with Gasteiger partial charge in [0.05, 0.1) is 11.0 Å². The van der Waals surface area contributed by atoms with Gasteiger partial charge >= 0.3 is 0 Å². The van der Waals surface area contributed by atoms with E-state index in [0.29, 0.717) is 35.9 Å². The van der Waals surface area contributed by atoms with Gasteiger partial charge in [-0.25, -0.2) is 0 Å². The molecule has 1 fully saturated rings. The molecule has 2 aromatic carbocycles. The van der Waals surface area contributed by atoms with Crippen LogP contribution in [0.5, 0.6) is 0 Å². The number of fused-ring (bicyclic) bond motifs is 4. The molecule has 0 atom stereocenters. The molecule has 0 spiro atoms. The van der Waals surface area contributed by atoms with Gasteiger partial charge < -0.3 is 14.6 Å². The first kappa shape index (κ1) is 23.8. The van der Waals surface area contributed by atoms with E-state index < -0.39 is 0 Å². The molecule has 0 saturated carbocycles. The Kier molecular flexibility index (Phi) is 5.86. The van der Waals surface area contributed by atoms with Crippen LogP contribution in [0.25, 0.3) is 16.7 Å². The van der Waals surface area contributed by atoms with Crippen molar-refractivity contribution in [3.63, 3.8) is 0 Å². The Hall–Kier alpha value is -2.94. The molecule has 6 rings (SSSR count). The van der Waals surface area contributed by atoms with Gasteiger partial charge in [0, 0.05) is 41.4 Å². The molecule has 1 N–H and O–H groups in total. The largest absolute Gasteiger partial charge is 0.381 e. The van der Waals surface area contributed by atoms with E-state index in [0.717, 1.165) is 47.4 Å². The molecule has 0 bridgehead atoms. The van der Waals surface area contributed by atoms with Gasteiger partial charge in [0.2, 0.25) is 5.65 Å². The van der Waals surface area contributed by atoms with Crippen LogP contribution in [0.1, 0.15) is 47.1 Å². The van der Waals surface area contributed by atoms with E-state index in [9.17, 15) is 9.59 Å². The number of aryl methyl sites for hydroxylation is 1. The van der Waals surface area contributed by atoms with Gasteiger partial charge in [-0.05, 0) is 67.6 Å². The number of nitrogens with one attached hydrogen (secondary N) is 1. The first-order valence-electron chi connectivity index (χ1n) is 11.5. The summed E-state index contributed by atoms with van der Waals surface area (Å²) in [5.41, 5.74) is 4.37. The summed E-state index contributed by atoms with van der Waals surface area (Å²) in [7, 11) is 0. The van der Waals surface area contributed by atoms with Gasteiger partial charge in [-0.2, -0.15) is 0 Å². The Labute approximate surface area is 212 Å². The number of hydrogen-bond donors (Lipinski definition) is 1. The van der Waals surface area contributed by atoms with E-state index in [2.05, 4.69) is 22.1 Å². The molecule has 0 unspecified atom stereocenters. The zero-order chi connectivity index (χ0) is 23.6. The van der Waals surface area contributed by atoms with Crippen LogP contribution >= 0.6 is 24.0 Å². The van der Waals surface area contributed by atoms with Crippen LogP contribution in [0.2, 0.25) is 5.02 Å². The molecule has 1 amide bonds. The number of carbonyl (C=O) groups excluding carboxylic acids is 1. The lowest BCUT2D eigenvalue weighted by molar-refractivity contribution is 0.0533. The minimum absolute atomic E-state index is 0. The van der Waals surface area contributed by atoms with Crippen molar-refractivity contribution in [3.8, 4) is 0 Å². The first-order valence-corrected chi connectivity index (χ1v) is 11.8. The van der Waals surface area contributed by atoms with Crippen molar-refractivity contribution in [2.75, 3.05) is 24.7 Å². The van der Waals surface area contributed by atoms with Gasteiger partial charge in [0.1, 0.15) is 5.82 Å². The Morgan fingerprint density at radius 3 is 2.71 bits per heavy atom. The van der Waals surface area contributed by atoms with Gasteiger partial charge in [-0.3, -0.25) is 14.0 Å². The number of carbonyl (C=O) groups is 1. The average Bonchev–Trinajstić information content (AvgIpc) is 3.45. The summed E-state index contributed by atoms with van der Waals surface area (Å²) < 4.78 is 7.41. The fourth-order valence-electron chi connectivity index (χ4n) is 5.21. The highest BCUT2D eigenvalue weighted by atomic mass is 35.5. The van der Waals surface area contributed by atoms with E-state index in [1.165, 1.54) is 0 Å². The number of hydrogen-bond acceptors (Lipinski definition) is 5. The fraction of sp³-hybridized carbons (Fsp3) is 0.360. The third-order valence-corrected chi connectivity index (χ3v) is 7.48. The van der Waals surface area contributed by atoms with E-state index in [1.807, 2.05) is 29.5 Å². The Morgan fingerprint density at radius 2 is 1.94 bits per heavy atom. The van der Waals surface area contributed by atoms with Crippen molar-refractivity contribution in [1.29, 1.82) is 0 Å². The third kappa shape index (κ3) is 3.71. The van der Waals surface area contributed by atoms with Crippen LogP contribution in [0.4, 0.5) is 5.69 Å². The normalized spacial score (nSPS) is 16.9. The highest BCUT2D eigenvalue weighted by Gasteiger charge is 2.35. The number of nitrogens with zero attached hydrogens (tertiary/aromatic N) is 4. The number of aromatic nitrogens is 4. The zero-order valence-electron chi connectivity index (χ0n) is 19.4. The molecule has 8 nitrogen and oxygen atoms in total. The Morgan fingerprint density at radius 1 is 1.17 bits per heavy atom. The summed E-state index contributed by atoms with van der Waals surface area (Å²) >= 11 is 6.13. The SMILES string of the molecule is Cc1cc2c(cc1C(=O)N1CCc3cc(Cl)ccc31)[nH]c(=O)c1nnc(C3(C)CCOCC3)n12.Cl. The quantitative estimate of drug-likeness (QED) is 0.433. The van der Waals surface area contributed by atoms with Crippen LogP contribution in [0.3, 0.4) is 0 Å². The molecule has 10 heteroatoms. The van der Waals surface area contributed by atoms with Crippen LogP contribution in [-0.4, -0.2) is 45.2 Å². The van der Waals surface area contributed by atoms with Gasteiger partial charge in [0.15, 0.2) is 0 Å². The second kappa shape index (κ2) is 8.62. The molecule has 2 aliphatic heterocycles. The summed E-state index contributed by atoms with van der Waals surface area (Å²) in [6, 6.07) is 9.33. The van der Waals surface area contributed by atoms with E-state index in [4.69, 9.17) is 16.3 Å². The van der Waals surface area contributed by atoms with Gasteiger partial charge in [0.25, 0.3) is 11.5 Å². The van der Waals surface area contributed by atoms with Crippen molar-refractivity contribution in [2.24, 2.45) is 0 Å². The molecule has 2 aliphatic rings. The standard InChI is InChI=1S/C25H24ClN5O3.ClH/c1-14-11-20-18(13-17(14)23(33)30-8-5-15-12-16(26)3-4-19(15)30)27-22(32)21-28-29-24(31(20)21)25(2)6-9-34-10-7-25;/h3-4,11-13H,5-10H2,1-2H3,(H,27,32);1H. The Bertz CT molecular complexity index is 1540. The maximum atomic E-state index is 13.6. The minimum atomic E-state index is -0.328. The first-order chi connectivity index (χ1) is 16.4. The maximum Gasteiger partial charge on any atom is 0.294 e. The van der Waals surface area contributed by atoms with Gasteiger partial charge in [-0.1, -0.05) is 18.5 Å². The maximum absolute atomic E-state index is 13.6. The lowest BCUT2D eigenvalue weighted by Gasteiger charge is -2.31. The third-order valence-electron chi connectivity index (χ3n) is 7.25. The van der Waals surface area contributed by atoms with Crippen LogP contribution in [-0.2, 0) is 16.6 Å². The van der Waals surface area contributed by atoms with Crippen LogP contribution < -0.4 is 10.5 Å². The highest BCUT2D eigenvalue weighted by molar-refractivity contribution is 6.30. The van der Waals surface area contributed by atoms with Crippen molar-refractivity contribution < 1.29 is 9.53 Å². The van der Waals surface area contributed by atoms with Gasteiger partial charge in [-0.15, -0.1) is 22.6 Å². The second-order valence-corrected chi connectivity index (χ2v) is 9.91. The summed E-state index contributed by atoms with van der Waals surface area (Å²) in [6.45, 7) is 5.94. The van der Waals surface area contributed by atoms with Crippen molar-refractivity contribution >= 4 is 52.3 Å². The van der Waals surface area contributed by atoms with Crippen molar-refractivity contribution in [3.05, 3.63) is 68.2 Å². The number of amides is 1.